The number of nitrogens with two attached hydrogens (primary N) is 1. The molecule has 0 unspecified atom stereocenters. The number of nitrogen functional groups attached to an aromatic ring is 1. The van der Waals surface area contributed by atoms with Gasteiger partial charge in [0, 0.05) is 27.6 Å². The van der Waals surface area contributed by atoms with E-state index in [1.165, 1.54) is 22.3 Å². The molecule has 1 heterocycles. The number of anilines is 1. The predicted octanol–water partition coefficient (Wildman–Crippen LogP) is 6.88. The van der Waals surface area contributed by atoms with E-state index in [0.29, 0.717) is 0 Å². The molecule has 2 nitrogen and oxygen atoms in total. The summed E-state index contributed by atoms with van der Waals surface area (Å²) in [5, 5.41) is 2.17. The van der Waals surface area contributed by atoms with Gasteiger partial charge < -0.3 is 10.5 Å². The van der Waals surface area contributed by atoms with Crippen LogP contribution in [0.5, 0.6) is 11.5 Å². The highest BCUT2D eigenvalue weighted by Crippen LogP contribution is 2.42. The minimum Gasteiger partial charge on any atom is -0.455 e. The summed E-state index contributed by atoms with van der Waals surface area (Å²) in [5.74, 6) is 1.76. The molecule has 170 valence electrons. The predicted molar refractivity (Wildman–Crippen MR) is 141 cm³/mol. The van der Waals surface area contributed by atoms with Crippen LogP contribution < -0.4 is 20.9 Å². The molecule has 1 aliphatic heterocycles. The van der Waals surface area contributed by atoms with Gasteiger partial charge in [-0.2, -0.15) is 0 Å². The molecular formula is C30H39NO. The Balaban J connectivity index is 0.000000860. The Morgan fingerprint density at radius 1 is 0.812 bits per heavy atom. The average Bonchev–Trinajstić information content (AvgIpc) is 2.83. The Morgan fingerprint density at radius 2 is 1.44 bits per heavy atom. The number of ether oxygens (including phenoxy) is 1. The van der Waals surface area contributed by atoms with Crippen molar-refractivity contribution < 1.29 is 4.74 Å². The summed E-state index contributed by atoms with van der Waals surface area (Å²) in [6.45, 7) is 22.8. The van der Waals surface area contributed by atoms with E-state index >= 15 is 0 Å². The van der Waals surface area contributed by atoms with Gasteiger partial charge in [-0.1, -0.05) is 65.5 Å². The van der Waals surface area contributed by atoms with Crippen molar-refractivity contribution in [1.82, 2.24) is 0 Å². The largest absolute Gasteiger partial charge is 0.455 e. The van der Waals surface area contributed by atoms with E-state index in [1.54, 1.807) is 0 Å². The lowest BCUT2D eigenvalue weighted by molar-refractivity contribution is 0.464. The molecule has 3 aromatic rings. The molecule has 0 spiro atoms. The second-order valence-electron chi connectivity index (χ2n) is 7.77. The van der Waals surface area contributed by atoms with Crippen molar-refractivity contribution in [1.29, 1.82) is 0 Å². The highest BCUT2D eigenvalue weighted by molar-refractivity contribution is 5.89. The highest BCUT2D eigenvalue weighted by atomic mass is 16.5. The molecule has 4 rings (SSSR count). The van der Waals surface area contributed by atoms with Gasteiger partial charge in [0.15, 0.2) is 0 Å². The Labute approximate surface area is 194 Å². The van der Waals surface area contributed by atoms with Crippen LogP contribution in [0.1, 0.15) is 73.6 Å². The number of hydrogen-bond acceptors (Lipinski definition) is 2. The summed E-state index contributed by atoms with van der Waals surface area (Å²) in [7, 11) is 0. The molecule has 0 aliphatic carbocycles. The van der Waals surface area contributed by atoms with Gasteiger partial charge in [0.05, 0.1) is 0 Å². The summed E-state index contributed by atoms with van der Waals surface area (Å²) in [6, 6.07) is 13.0. The normalized spacial score (nSPS) is 11.2. The van der Waals surface area contributed by atoms with Gasteiger partial charge in [0.25, 0.3) is 0 Å². The van der Waals surface area contributed by atoms with E-state index in [9.17, 15) is 0 Å². The van der Waals surface area contributed by atoms with Gasteiger partial charge >= 0.3 is 0 Å². The zero-order chi connectivity index (χ0) is 24.2. The lowest BCUT2D eigenvalue weighted by Crippen LogP contribution is -2.25. The van der Waals surface area contributed by atoms with Crippen molar-refractivity contribution in [2.45, 2.75) is 68.7 Å². The summed E-state index contributed by atoms with van der Waals surface area (Å²) in [5.41, 5.74) is 16.4. The summed E-state index contributed by atoms with van der Waals surface area (Å²) in [6.07, 6.45) is 0.976. The molecule has 0 saturated heterocycles. The molecular weight excluding hydrogens is 390 g/mol. The van der Waals surface area contributed by atoms with Gasteiger partial charge in [-0.3, -0.25) is 0 Å². The Bertz CT molecular complexity index is 1230. The Kier molecular flexibility index (Phi) is 8.32. The first-order valence-corrected chi connectivity index (χ1v) is 11.8. The maximum atomic E-state index is 6.50. The zero-order valence-electron chi connectivity index (χ0n) is 21.4. The minimum absolute atomic E-state index is 0.796. The van der Waals surface area contributed by atoms with Gasteiger partial charge in [0.2, 0.25) is 0 Å². The van der Waals surface area contributed by atoms with E-state index in [1.807, 2.05) is 34.6 Å². The number of rotatable bonds is 2. The molecule has 0 radical (unpaired) electrons. The van der Waals surface area contributed by atoms with Gasteiger partial charge in [0.1, 0.15) is 11.5 Å². The highest BCUT2D eigenvalue weighted by Gasteiger charge is 2.26. The Hall–Kier alpha value is -3.00. The first kappa shape index (κ1) is 25.3. The van der Waals surface area contributed by atoms with Gasteiger partial charge in [-0.15, -0.1) is 0 Å². The monoisotopic (exact) mass is 429 g/mol. The first-order chi connectivity index (χ1) is 15.3. The molecule has 0 amide bonds. The van der Waals surface area contributed by atoms with E-state index < -0.39 is 0 Å². The number of benzene rings is 3. The lowest BCUT2D eigenvalue weighted by Gasteiger charge is -2.27. The van der Waals surface area contributed by atoms with Crippen LogP contribution in [-0.2, 0) is 6.42 Å². The smallest absolute Gasteiger partial charge is 0.140 e. The number of fused-ring (bicyclic) bond motifs is 2. The Morgan fingerprint density at radius 3 is 2.06 bits per heavy atom. The minimum atomic E-state index is 0.796. The third kappa shape index (κ3) is 4.19. The fourth-order valence-electron chi connectivity index (χ4n) is 4.23. The van der Waals surface area contributed by atoms with Crippen LogP contribution in [0, 0.1) is 27.7 Å². The molecule has 0 bridgehead atoms. The van der Waals surface area contributed by atoms with Crippen molar-refractivity contribution in [2.75, 3.05) is 5.73 Å². The van der Waals surface area contributed by atoms with Crippen LogP contribution in [0.2, 0.25) is 0 Å². The lowest BCUT2D eigenvalue weighted by atomic mass is 9.86. The molecule has 2 N–H and O–H groups in total. The second-order valence-corrected chi connectivity index (χ2v) is 7.77. The standard InChI is InChI=1S/C26H27NO.2C2H6/c1-7-19-10-8-9-11-20(19)23-21-12-14(2)16(4)17(5)25(21)28-26-18(6)24(27)15(3)13-22(23)26;2*1-2/h8-13H,4,7,27H2,1-3,5-6H3;2*1-2H3. The molecule has 32 heavy (non-hydrogen) atoms. The summed E-state index contributed by atoms with van der Waals surface area (Å²) < 4.78 is 6.50. The summed E-state index contributed by atoms with van der Waals surface area (Å²) in [4.78, 5) is 0. The maximum Gasteiger partial charge on any atom is 0.140 e. The fourth-order valence-corrected chi connectivity index (χ4v) is 4.23. The van der Waals surface area contributed by atoms with E-state index in [-0.39, 0.29) is 0 Å². The van der Waals surface area contributed by atoms with Crippen LogP contribution >= 0.6 is 0 Å². The van der Waals surface area contributed by atoms with E-state index in [2.05, 4.69) is 70.7 Å². The van der Waals surface area contributed by atoms with Crippen LogP contribution in [0.4, 0.5) is 5.69 Å². The zero-order valence-corrected chi connectivity index (χ0v) is 21.4. The third-order valence-electron chi connectivity index (χ3n) is 6.06. The van der Waals surface area contributed by atoms with Crippen LogP contribution in [0.3, 0.4) is 0 Å². The maximum absolute atomic E-state index is 6.50. The quantitative estimate of drug-likeness (QED) is 0.352. The van der Waals surface area contributed by atoms with Crippen molar-refractivity contribution in [3.8, 4) is 11.5 Å². The second kappa shape index (κ2) is 10.5. The molecule has 0 saturated carbocycles. The summed E-state index contributed by atoms with van der Waals surface area (Å²) >= 11 is 0. The topological polar surface area (TPSA) is 35.2 Å². The van der Waals surface area contributed by atoms with E-state index in [4.69, 9.17) is 10.5 Å². The van der Waals surface area contributed by atoms with Crippen molar-refractivity contribution in [3.05, 3.63) is 85.8 Å². The van der Waals surface area contributed by atoms with Crippen molar-refractivity contribution in [3.63, 3.8) is 0 Å². The molecule has 0 aromatic heterocycles. The molecule has 1 aliphatic rings. The van der Waals surface area contributed by atoms with Crippen LogP contribution in [0.25, 0.3) is 12.2 Å². The van der Waals surface area contributed by atoms with Crippen molar-refractivity contribution in [2.24, 2.45) is 0 Å². The molecule has 0 atom stereocenters. The third-order valence-corrected chi connectivity index (χ3v) is 6.06. The first-order valence-electron chi connectivity index (χ1n) is 11.8. The average molecular weight is 430 g/mol. The van der Waals surface area contributed by atoms with Crippen LogP contribution in [-0.4, -0.2) is 0 Å². The fraction of sp³-hybridized carbons (Fsp3) is 0.333. The SMILES string of the molecule is C=c1c(C)cc2c(c1C)Oc1c(cc(C)c(N)c1C)C=2c1ccccc1CC.CC.CC. The molecule has 0 fully saturated rings. The number of hydrogen-bond donors (Lipinski definition) is 1. The van der Waals surface area contributed by atoms with Gasteiger partial charge in [-0.05, 0) is 79.3 Å². The van der Waals surface area contributed by atoms with Crippen LogP contribution in [0.15, 0.2) is 36.4 Å². The van der Waals surface area contributed by atoms with Gasteiger partial charge in [-0.25, -0.2) is 0 Å². The molecule has 2 heteroatoms. The van der Waals surface area contributed by atoms with Crippen molar-refractivity contribution >= 4 is 17.8 Å². The van der Waals surface area contributed by atoms with E-state index in [0.717, 1.165) is 56.3 Å². The molecule has 3 aromatic carbocycles. The number of aryl methyl sites for hydroxylation is 3.